The lowest BCUT2D eigenvalue weighted by atomic mass is 10.2. The maximum absolute atomic E-state index is 13.3. The van der Waals surface area contributed by atoms with Gasteiger partial charge in [-0.05, 0) is 39.7 Å². The van der Waals surface area contributed by atoms with Gasteiger partial charge in [-0.1, -0.05) is 6.07 Å². The molecule has 0 spiro atoms. The van der Waals surface area contributed by atoms with E-state index in [1.165, 1.54) is 6.07 Å². The van der Waals surface area contributed by atoms with Crippen LogP contribution < -0.4 is 20.5 Å². The number of hydrogen-bond acceptors (Lipinski definition) is 4. The summed E-state index contributed by atoms with van der Waals surface area (Å²) in [6.07, 6.45) is 0. The summed E-state index contributed by atoms with van der Waals surface area (Å²) in [5.41, 5.74) is 7.84. The van der Waals surface area contributed by atoms with Crippen molar-refractivity contribution in [1.82, 2.24) is 0 Å². The molecule has 6 heteroatoms. The number of anilines is 2. The molecule has 0 unspecified atom stereocenters. The third kappa shape index (κ3) is 2.51. The molecular weight excluding hydrogens is 327 g/mol. The number of fused-ring (bicyclic) bond motifs is 1. The first-order valence-corrected chi connectivity index (χ1v) is 6.80. The lowest BCUT2D eigenvalue weighted by Gasteiger charge is -2.11. The molecule has 2 aromatic rings. The Kier molecular flexibility index (Phi) is 3.40. The van der Waals surface area contributed by atoms with Crippen molar-refractivity contribution in [2.45, 2.75) is 6.54 Å². The third-order valence-corrected chi connectivity index (χ3v) is 3.62. The summed E-state index contributed by atoms with van der Waals surface area (Å²) in [5.74, 6) is 1.10. The molecule has 0 fully saturated rings. The van der Waals surface area contributed by atoms with E-state index in [2.05, 4.69) is 21.2 Å². The quantitative estimate of drug-likeness (QED) is 0.841. The lowest BCUT2D eigenvalue weighted by molar-refractivity contribution is 0.174. The number of halogens is 2. The van der Waals surface area contributed by atoms with Crippen molar-refractivity contribution in [3.63, 3.8) is 0 Å². The van der Waals surface area contributed by atoms with Crippen LogP contribution in [0.15, 0.2) is 34.8 Å². The summed E-state index contributed by atoms with van der Waals surface area (Å²) in [7, 11) is 0. The molecular formula is C14H12BrFN2O2. The first-order chi connectivity index (χ1) is 9.63. The van der Waals surface area contributed by atoms with Gasteiger partial charge in [0.1, 0.15) is 5.82 Å². The molecule has 0 saturated heterocycles. The Morgan fingerprint density at radius 2 is 2.00 bits per heavy atom. The number of benzene rings is 2. The molecule has 0 amide bonds. The summed E-state index contributed by atoms with van der Waals surface area (Å²) in [4.78, 5) is 0. The fourth-order valence-electron chi connectivity index (χ4n) is 1.96. The Balaban J connectivity index is 1.75. The van der Waals surface area contributed by atoms with Crippen LogP contribution in [0.4, 0.5) is 15.8 Å². The van der Waals surface area contributed by atoms with Crippen LogP contribution in [0.25, 0.3) is 0 Å². The van der Waals surface area contributed by atoms with Crippen LogP contribution in [0.1, 0.15) is 5.56 Å². The lowest BCUT2D eigenvalue weighted by Crippen LogP contribution is -2.03. The zero-order chi connectivity index (χ0) is 14.1. The molecule has 1 aliphatic heterocycles. The van der Waals surface area contributed by atoms with Gasteiger partial charge in [0.05, 0.1) is 15.8 Å². The number of rotatable bonds is 3. The van der Waals surface area contributed by atoms with Crippen molar-refractivity contribution in [1.29, 1.82) is 0 Å². The van der Waals surface area contributed by atoms with Crippen molar-refractivity contribution >= 4 is 27.3 Å². The fourth-order valence-corrected chi connectivity index (χ4v) is 2.31. The van der Waals surface area contributed by atoms with E-state index in [-0.39, 0.29) is 12.6 Å². The Labute approximate surface area is 123 Å². The van der Waals surface area contributed by atoms with E-state index >= 15 is 0 Å². The van der Waals surface area contributed by atoms with Gasteiger partial charge in [-0.15, -0.1) is 0 Å². The van der Waals surface area contributed by atoms with E-state index in [0.29, 0.717) is 22.4 Å². The molecule has 20 heavy (non-hydrogen) atoms. The summed E-state index contributed by atoms with van der Waals surface area (Å²) >= 11 is 3.14. The molecule has 0 radical (unpaired) electrons. The minimum Gasteiger partial charge on any atom is -0.454 e. The molecule has 0 aromatic heterocycles. The highest BCUT2D eigenvalue weighted by Gasteiger charge is 2.13. The first kappa shape index (κ1) is 13.1. The van der Waals surface area contributed by atoms with E-state index in [4.69, 9.17) is 15.2 Å². The van der Waals surface area contributed by atoms with Crippen LogP contribution in [0.3, 0.4) is 0 Å². The Bertz CT molecular complexity index is 664. The van der Waals surface area contributed by atoms with Gasteiger partial charge >= 0.3 is 0 Å². The number of nitrogen functional groups attached to an aromatic ring is 1. The van der Waals surface area contributed by atoms with Gasteiger partial charge in [-0.25, -0.2) is 4.39 Å². The van der Waals surface area contributed by atoms with Gasteiger partial charge < -0.3 is 20.5 Å². The number of nitrogens with one attached hydrogen (secondary N) is 1. The molecule has 0 bridgehead atoms. The van der Waals surface area contributed by atoms with Crippen molar-refractivity contribution in [3.05, 3.63) is 46.2 Å². The Hall–Kier alpha value is -1.95. The molecule has 3 N–H and O–H groups in total. The second-order valence-corrected chi connectivity index (χ2v) is 5.25. The molecule has 0 aliphatic carbocycles. The molecule has 3 rings (SSSR count). The topological polar surface area (TPSA) is 56.5 Å². The highest BCUT2D eigenvalue weighted by atomic mass is 79.9. The minimum atomic E-state index is -0.379. The van der Waals surface area contributed by atoms with Crippen molar-refractivity contribution in [2.24, 2.45) is 0 Å². The smallest absolute Gasteiger partial charge is 0.231 e. The van der Waals surface area contributed by atoms with E-state index in [1.54, 1.807) is 6.07 Å². The van der Waals surface area contributed by atoms with Gasteiger partial charge in [0.25, 0.3) is 0 Å². The van der Waals surface area contributed by atoms with Crippen LogP contribution in [-0.2, 0) is 6.54 Å². The van der Waals surface area contributed by atoms with Crippen molar-refractivity contribution in [2.75, 3.05) is 17.8 Å². The number of ether oxygens (including phenoxy) is 2. The van der Waals surface area contributed by atoms with Crippen molar-refractivity contribution < 1.29 is 13.9 Å². The minimum absolute atomic E-state index is 0.254. The molecule has 1 heterocycles. The predicted octanol–water partition coefficient (Wildman–Crippen LogP) is 3.51. The summed E-state index contributed by atoms with van der Waals surface area (Å²) in [6, 6.07) is 8.62. The maximum Gasteiger partial charge on any atom is 0.231 e. The second kappa shape index (κ2) is 5.20. The van der Waals surface area contributed by atoms with Crippen LogP contribution >= 0.6 is 15.9 Å². The van der Waals surface area contributed by atoms with E-state index in [0.717, 1.165) is 17.1 Å². The molecule has 0 saturated carbocycles. The average molecular weight is 339 g/mol. The summed E-state index contributed by atoms with van der Waals surface area (Å²) in [6.45, 7) is 0.809. The van der Waals surface area contributed by atoms with Gasteiger partial charge in [-0.3, -0.25) is 0 Å². The number of nitrogens with two attached hydrogens (primary N) is 1. The van der Waals surface area contributed by atoms with E-state index < -0.39 is 0 Å². The fraction of sp³-hybridized carbons (Fsp3) is 0.143. The van der Waals surface area contributed by atoms with Gasteiger partial charge in [0, 0.05) is 12.6 Å². The number of hydrogen-bond donors (Lipinski definition) is 2. The van der Waals surface area contributed by atoms with Crippen LogP contribution in [-0.4, -0.2) is 6.79 Å². The van der Waals surface area contributed by atoms with Crippen LogP contribution in [0.5, 0.6) is 11.5 Å². The zero-order valence-electron chi connectivity index (χ0n) is 10.5. The highest BCUT2D eigenvalue weighted by molar-refractivity contribution is 9.10. The van der Waals surface area contributed by atoms with E-state index in [9.17, 15) is 4.39 Å². The Morgan fingerprint density at radius 3 is 2.85 bits per heavy atom. The second-order valence-electron chi connectivity index (χ2n) is 4.39. The average Bonchev–Trinajstić information content (AvgIpc) is 2.89. The molecule has 4 nitrogen and oxygen atoms in total. The molecule has 104 valence electrons. The SMILES string of the molecule is Nc1cc(F)c(Br)cc1NCc1ccc2c(c1)OCO2. The monoisotopic (exact) mass is 338 g/mol. The van der Waals surface area contributed by atoms with Gasteiger partial charge in [0.15, 0.2) is 11.5 Å². The summed E-state index contributed by atoms with van der Waals surface area (Å²) in [5, 5.41) is 3.17. The zero-order valence-corrected chi connectivity index (χ0v) is 12.0. The highest BCUT2D eigenvalue weighted by Crippen LogP contribution is 2.33. The first-order valence-electron chi connectivity index (χ1n) is 6.00. The molecule has 1 aliphatic rings. The Morgan fingerprint density at radius 1 is 1.20 bits per heavy atom. The van der Waals surface area contributed by atoms with E-state index in [1.807, 2.05) is 18.2 Å². The molecule has 2 aromatic carbocycles. The van der Waals surface area contributed by atoms with Crippen molar-refractivity contribution in [3.8, 4) is 11.5 Å². The van der Waals surface area contributed by atoms with Gasteiger partial charge in [-0.2, -0.15) is 0 Å². The van der Waals surface area contributed by atoms with Crippen LogP contribution in [0, 0.1) is 5.82 Å². The largest absolute Gasteiger partial charge is 0.454 e. The standard InChI is InChI=1S/C14H12BrFN2O2/c15-9-4-12(11(17)5-10(9)16)18-6-8-1-2-13-14(3-8)20-7-19-13/h1-5,18H,6-7,17H2. The van der Waals surface area contributed by atoms with Gasteiger partial charge in [0.2, 0.25) is 6.79 Å². The maximum atomic E-state index is 13.3. The normalized spacial score (nSPS) is 12.5. The summed E-state index contributed by atoms with van der Waals surface area (Å²) < 4.78 is 24.2. The molecule has 0 atom stereocenters. The van der Waals surface area contributed by atoms with Crippen LogP contribution in [0.2, 0.25) is 0 Å². The predicted molar refractivity (Wildman–Crippen MR) is 78.4 cm³/mol. The third-order valence-electron chi connectivity index (χ3n) is 3.01.